The molecule has 4 rings (SSSR count). The third kappa shape index (κ3) is 2.12. The molecule has 1 aromatic carbocycles. The van der Waals surface area contributed by atoms with E-state index in [1.165, 1.54) is 11.1 Å². The second-order valence-corrected chi connectivity index (χ2v) is 6.43. The Balaban J connectivity index is 1.93. The van der Waals surface area contributed by atoms with E-state index in [2.05, 4.69) is 48.2 Å². The van der Waals surface area contributed by atoms with E-state index in [0.717, 1.165) is 47.0 Å². The predicted molar refractivity (Wildman–Crippen MR) is 90.5 cm³/mol. The summed E-state index contributed by atoms with van der Waals surface area (Å²) in [5, 5.41) is 5.43. The minimum absolute atomic E-state index is 0.873. The van der Waals surface area contributed by atoms with Crippen molar-refractivity contribution in [3.05, 3.63) is 47.3 Å². The summed E-state index contributed by atoms with van der Waals surface area (Å²) in [6, 6.07) is 8.48. The van der Waals surface area contributed by atoms with E-state index in [1.807, 2.05) is 10.7 Å². The molecule has 1 aliphatic rings. The Kier molecular flexibility index (Phi) is 3.20. The van der Waals surface area contributed by atoms with E-state index in [9.17, 15) is 0 Å². The topological polar surface area (TPSA) is 33.4 Å². The largest absolute Gasteiger partial charge is 0.300 e. The number of thiol groups is 1. The van der Waals surface area contributed by atoms with Crippen molar-refractivity contribution < 1.29 is 0 Å². The van der Waals surface area contributed by atoms with Crippen molar-refractivity contribution >= 4 is 18.3 Å². The van der Waals surface area contributed by atoms with Crippen molar-refractivity contribution in [3.8, 4) is 11.1 Å². The van der Waals surface area contributed by atoms with Gasteiger partial charge in [-0.05, 0) is 26.0 Å². The molecule has 2 aromatic heterocycles. The predicted octanol–water partition coefficient (Wildman–Crippen LogP) is 2.98. The zero-order valence-electron chi connectivity index (χ0n) is 12.7. The average Bonchev–Trinajstić information content (AvgIpc) is 2.92. The van der Waals surface area contributed by atoms with Crippen LogP contribution >= 0.6 is 12.6 Å². The molecular weight excluding hydrogens is 292 g/mol. The maximum Gasteiger partial charge on any atom is 0.164 e. The molecule has 0 N–H and O–H groups in total. The fourth-order valence-electron chi connectivity index (χ4n) is 3.02. The van der Waals surface area contributed by atoms with E-state index >= 15 is 0 Å². The molecular formula is C17H18N4S. The smallest absolute Gasteiger partial charge is 0.164 e. The van der Waals surface area contributed by atoms with Crippen molar-refractivity contribution in [2.45, 2.75) is 24.9 Å². The Labute approximate surface area is 135 Å². The van der Waals surface area contributed by atoms with E-state index in [0.29, 0.717) is 0 Å². The van der Waals surface area contributed by atoms with Crippen molar-refractivity contribution in [2.75, 3.05) is 13.6 Å². The lowest BCUT2D eigenvalue weighted by atomic mass is 10.1. The Hall–Kier alpha value is -1.85. The summed E-state index contributed by atoms with van der Waals surface area (Å²) >= 11 is 4.72. The number of nitrogens with zero attached hydrogens (tertiary/aromatic N) is 4. The van der Waals surface area contributed by atoms with Gasteiger partial charge in [0.2, 0.25) is 0 Å². The maximum atomic E-state index is 4.90. The quantitative estimate of drug-likeness (QED) is 0.554. The summed E-state index contributed by atoms with van der Waals surface area (Å²) in [6.45, 7) is 4.01. The van der Waals surface area contributed by atoms with Crippen LogP contribution in [-0.4, -0.2) is 33.1 Å². The van der Waals surface area contributed by atoms with Crippen LogP contribution in [0.1, 0.15) is 16.8 Å². The second kappa shape index (κ2) is 5.11. The molecule has 0 atom stereocenters. The monoisotopic (exact) mass is 310 g/mol. The standard InChI is InChI=1S/C17H18N4S/c1-11-3-5-12(6-4-11)14-9-18-21-16(14)19-15-10-20(2)8-7-13(15)17(21)22/h3-6,9,22H,7-8,10H2,1-2H3. The molecule has 0 unspecified atom stereocenters. The highest BCUT2D eigenvalue weighted by Crippen LogP contribution is 2.29. The van der Waals surface area contributed by atoms with Crippen LogP contribution in [0.2, 0.25) is 0 Å². The van der Waals surface area contributed by atoms with Crippen LogP contribution < -0.4 is 0 Å². The number of hydrogen-bond acceptors (Lipinski definition) is 4. The molecule has 0 bridgehead atoms. The first-order valence-corrected chi connectivity index (χ1v) is 7.92. The highest BCUT2D eigenvalue weighted by Gasteiger charge is 2.21. The first kappa shape index (κ1) is 13.8. The Morgan fingerprint density at radius 2 is 1.95 bits per heavy atom. The van der Waals surface area contributed by atoms with E-state index in [1.54, 1.807) is 0 Å². The van der Waals surface area contributed by atoms with Crippen molar-refractivity contribution in [1.29, 1.82) is 0 Å². The summed E-state index contributed by atoms with van der Waals surface area (Å²) in [5.41, 5.74) is 6.70. The summed E-state index contributed by atoms with van der Waals surface area (Å²) in [4.78, 5) is 7.19. The lowest BCUT2D eigenvalue weighted by molar-refractivity contribution is 0.304. The SMILES string of the molecule is Cc1ccc(-c2cnn3c(S)c4c(nc23)CN(C)CC4)cc1. The van der Waals surface area contributed by atoms with Crippen LogP contribution in [0, 0.1) is 6.92 Å². The molecule has 0 aliphatic carbocycles. The number of likely N-dealkylation sites (N-methyl/N-ethyl adjacent to an activating group) is 1. The van der Waals surface area contributed by atoms with Crippen LogP contribution in [0.4, 0.5) is 0 Å². The summed E-state index contributed by atoms with van der Waals surface area (Å²) in [5.74, 6) is 0. The van der Waals surface area contributed by atoms with E-state index < -0.39 is 0 Å². The second-order valence-electron chi connectivity index (χ2n) is 6.01. The molecule has 112 valence electrons. The van der Waals surface area contributed by atoms with Crippen LogP contribution in [-0.2, 0) is 13.0 Å². The van der Waals surface area contributed by atoms with Gasteiger partial charge in [0.25, 0.3) is 0 Å². The highest BCUT2D eigenvalue weighted by molar-refractivity contribution is 7.80. The fourth-order valence-corrected chi connectivity index (χ4v) is 3.41. The number of hydrogen-bond donors (Lipinski definition) is 1. The van der Waals surface area contributed by atoms with Crippen LogP contribution in [0.5, 0.6) is 0 Å². The third-order valence-electron chi connectivity index (χ3n) is 4.33. The van der Waals surface area contributed by atoms with Gasteiger partial charge in [0.05, 0.1) is 11.9 Å². The number of aryl methyl sites for hydroxylation is 1. The summed E-state index contributed by atoms with van der Waals surface area (Å²) in [7, 11) is 2.13. The third-order valence-corrected chi connectivity index (χ3v) is 4.79. The number of aromatic nitrogens is 3. The minimum Gasteiger partial charge on any atom is -0.300 e. The maximum absolute atomic E-state index is 4.90. The van der Waals surface area contributed by atoms with Gasteiger partial charge in [-0.2, -0.15) is 5.10 Å². The Morgan fingerprint density at radius 3 is 2.73 bits per heavy atom. The number of benzene rings is 1. The van der Waals surface area contributed by atoms with Crippen molar-refractivity contribution in [3.63, 3.8) is 0 Å². The van der Waals surface area contributed by atoms with Crippen molar-refractivity contribution in [2.24, 2.45) is 0 Å². The first-order valence-electron chi connectivity index (χ1n) is 7.47. The van der Waals surface area contributed by atoms with Gasteiger partial charge in [0, 0.05) is 24.2 Å². The van der Waals surface area contributed by atoms with Gasteiger partial charge in [-0.15, -0.1) is 12.6 Å². The normalized spacial score (nSPS) is 15.2. The molecule has 3 heterocycles. The van der Waals surface area contributed by atoms with Gasteiger partial charge >= 0.3 is 0 Å². The van der Waals surface area contributed by atoms with Gasteiger partial charge in [-0.1, -0.05) is 29.8 Å². The average molecular weight is 310 g/mol. The molecule has 0 saturated heterocycles. The van der Waals surface area contributed by atoms with E-state index in [-0.39, 0.29) is 0 Å². The van der Waals surface area contributed by atoms with Crippen LogP contribution in [0.3, 0.4) is 0 Å². The molecule has 4 nitrogen and oxygen atoms in total. The lowest BCUT2D eigenvalue weighted by Gasteiger charge is -2.25. The van der Waals surface area contributed by atoms with Gasteiger partial charge in [-0.25, -0.2) is 9.50 Å². The Morgan fingerprint density at radius 1 is 1.18 bits per heavy atom. The van der Waals surface area contributed by atoms with Gasteiger partial charge in [0.15, 0.2) is 5.65 Å². The summed E-state index contributed by atoms with van der Waals surface area (Å²) < 4.78 is 1.86. The molecule has 3 aromatic rings. The van der Waals surface area contributed by atoms with Crippen molar-refractivity contribution in [1.82, 2.24) is 19.5 Å². The molecule has 22 heavy (non-hydrogen) atoms. The minimum atomic E-state index is 0.873. The molecule has 0 fully saturated rings. The van der Waals surface area contributed by atoms with Crippen LogP contribution in [0.15, 0.2) is 35.5 Å². The van der Waals surface area contributed by atoms with Gasteiger partial charge in [0.1, 0.15) is 5.03 Å². The molecule has 0 spiro atoms. The number of rotatable bonds is 1. The molecule has 1 aliphatic heterocycles. The molecule has 5 heteroatoms. The highest BCUT2D eigenvalue weighted by atomic mass is 32.1. The first-order chi connectivity index (χ1) is 10.6. The lowest BCUT2D eigenvalue weighted by Crippen LogP contribution is -2.28. The fraction of sp³-hybridized carbons (Fsp3) is 0.294. The summed E-state index contributed by atoms with van der Waals surface area (Å²) in [6.07, 6.45) is 2.87. The molecule has 0 saturated carbocycles. The zero-order valence-corrected chi connectivity index (χ0v) is 13.6. The Bertz CT molecular complexity index is 851. The zero-order chi connectivity index (χ0) is 15.3. The van der Waals surface area contributed by atoms with Gasteiger partial charge in [-0.3, -0.25) is 0 Å². The molecule has 0 amide bonds. The number of fused-ring (bicyclic) bond motifs is 2. The van der Waals surface area contributed by atoms with E-state index in [4.69, 9.17) is 17.6 Å². The molecule has 0 radical (unpaired) electrons. The van der Waals surface area contributed by atoms with Gasteiger partial charge < -0.3 is 4.90 Å². The van der Waals surface area contributed by atoms with Crippen LogP contribution in [0.25, 0.3) is 16.8 Å².